The largest absolute Gasteiger partial charge is 0.458 e. The lowest BCUT2D eigenvalue weighted by Gasteiger charge is -2.63. The fourth-order valence-electron chi connectivity index (χ4n) is 5.29. The predicted octanol–water partition coefficient (Wildman–Crippen LogP) is 3.30. The summed E-state index contributed by atoms with van der Waals surface area (Å²) in [5, 5.41) is 0.299. The highest BCUT2D eigenvalue weighted by molar-refractivity contribution is 9.09. The number of carbonyl (C=O) groups excluding carboxylic acids is 1. The minimum atomic E-state index is -0.218. The molecule has 19 heavy (non-hydrogen) atoms. The number of carbonyl (C=O) groups is 1. The molecule has 108 valence electrons. The Bertz CT molecular complexity index is 366. The number of hydrogen-bond donors (Lipinski definition) is 0. The zero-order valence-electron chi connectivity index (χ0n) is 11.8. The maximum atomic E-state index is 11.8. The van der Waals surface area contributed by atoms with Gasteiger partial charge in [-0.3, -0.25) is 4.79 Å². The number of ether oxygens (including phenoxy) is 2. The van der Waals surface area contributed by atoms with Crippen molar-refractivity contribution in [2.24, 2.45) is 17.8 Å². The number of halogens is 1. The highest BCUT2D eigenvalue weighted by Gasteiger charge is 2.63. The molecule has 0 N–H and O–H groups in total. The van der Waals surface area contributed by atoms with Crippen LogP contribution in [0.5, 0.6) is 0 Å². The van der Waals surface area contributed by atoms with Gasteiger partial charge in [0, 0.05) is 18.9 Å². The number of methoxy groups -OCH3 is 1. The van der Waals surface area contributed by atoms with Crippen molar-refractivity contribution in [2.45, 2.75) is 56.7 Å². The van der Waals surface area contributed by atoms with Crippen LogP contribution in [0.3, 0.4) is 0 Å². The second-order valence-electron chi connectivity index (χ2n) is 6.65. The molecule has 0 amide bonds. The molecule has 0 radical (unpaired) electrons. The van der Waals surface area contributed by atoms with Crippen LogP contribution in [0.1, 0.15) is 45.4 Å². The van der Waals surface area contributed by atoms with Gasteiger partial charge in [0.05, 0.1) is 5.60 Å². The molecule has 0 aromatic carbocycles. The molecule has 0 aliphatic heterocycles. The normalized spacial score (nSPS) is 47.4. The second kappa shape index (κ2) is 4.73. The third-order valence-corrected chi connectivity index (χ3v) is 6.37. The average Bonchev–Trinajstić information content (AvgIpc) is 2.42. The highest BCUT2D eigenvalue weighted by atomic mass is 79.9. The van der Waals surface area contributed by atoms with Crippen molar-refractivity contribution < 1.29 is 14.3 Å². The van der Waals surface area contributed by atoms with E-state index in [1.54, 1.807) is 0 Å². The number of esters is 1. The first-order chi connectivity index (χ1) is 9.07. The molecule has 2 unspecified atom stereocenters. The van der Waals surface area contributed by atoms with E-state index in [0.717, 1.165) is 25.2 Å². The Morgan fingerprint density at radius 1 is 1.26 bits per heavy atom. The zero-order chi connectivity index (χ0) is 13.7. The van der Waals surface area contributed by atoms with Crippen LogP contribution >= 0.6 is 15.9 Å². The van der Waals surface area contributed by atoms with Crippen molar-refractivity contribution in [2.75, 3.05) is 12.4 Å². The summed E-state index contributed by atoms with van der Waals surface area (Å²) < 4.78 is 11.8. The molecule has 4 saturated carbocycles. The molecule has 0 aromatic rings. The summed E-state index contributed by atoms with van der Waals surface area (Å²) in [6.45, 7) is 2.17. The molecule has 0 spiro atoms. The van der Waals surface area contributed by atoms with Gasteiger partial charge in [-0.15, -0.1) is 0 Å². The molecular weight excluding hydrogens is 308 g/mol. The van der Waals surface area contributed by atoms with Gasteiger partial charge < -0.3 is 9.47 Å². The van der Waals surface area contributed by atoms with Crippen LogP contribution in [0.4, 0.5) is 0 Å². The van der Waals surface area contributed by atoms with E-state index in [1.165, 1.54) is 19.3 Å². The van der Waals surface area contributed by atoms with Crippen molar-refractivity contribution in [3.63, 3.8) is 0 Å². The van der Waals surface area contributed by atoms with Crippen molar-refractivity contribution in [1.82, 2.24) is 0 Å². The predicted molar refractivity (Wildman–Crippen MR) is 76.2 cm³/mol. The Morgan fingerprint density at radius 2 is 1.89 bits per heavy atom. The smallest absolute Gasteiger partial charge is 0.317 e. The SMILES string of the molecule is CCC1(OC(=O)CBr)C2CC3CC1CC(OC)(C3)C2. The summed E-state index contributed by atoms with van der Waals surface area (Å²) in [7, 11) is 1.85. The van der Waals surface area contributed by atoms with Crippen molar-refractivity contribution in [1.29, 1.82) is 0 Å². The van der Waals surface area contributed by atoms with Crippen LogP contribution in [0.15, 0.2) is 0 Å². The van der Waals surface area contributed by atoms with E-state index in [2.05, 4.69) is 22.9 Å². The van der Waals surface area contributed by atoms with Gasteiger partial charge in [-0.05, 0) is 44.4 Å². The summed E-state index contributed by atoms with van der Waals surface area (Å²) in [4.78, 5) is 11.8. The first-order valence-corrected chi connectivity index (χ1v) is 8.52. The Labute approximate surface area is 123 Å². The lowest BCUT2D eigenvalue weighted by molar-refractivity contribution is -0.247. The van der Waals surface area contributed by atoms with Crippen LogP contribution in [0.25, 0.3) is 0 Å². The Kier molecular flexibility index (Phi) is 3.45. The van der Waals surface area contributed by atoms with Gasteiger partial charge in [-0.2, -0.15) is 0 Å². The second-order valence-corrected chi connectivity index (χ2v) is 7.21. The maximum Gasteiger partial charge on any atom is 0.317 e. The number of rotatable bonds is 4. The summed E-state index contributed by atoms with van der Waals surface area (Å²) in [6, 6.07) is 0. The van der Waals surface area contributed by atoms with Crippen molar-refractivity contribution >= 4 is 21.9 Å². The quantitative estimate of drug-likeness (QED) is 0.586. The molecule has 4 fully saturated rings. The average molecular weight is 331 g/mol. The minimum absolute atomic E-state index is 0.0793. The van der Waals surface area contributed by atoms with Gasteiger partial charge in [-0.1, -0.05) is 22.9 Å². The van der Waals surface area contributed by atoms with E-state index in [0.29, 0.717) is 17.2 Å². The van der Waals surface area contributed by atoms with Crippen LogP contribution in [0, 0.1) is 17.8 Å². The molecule has 4 bridgehead atoms. The third kappa shape index (κ3) is 1.98. The molecule has 0 aromatic heterocycles. The molecule has 0 saturated heterocycles. The van der Waals surface area contributed by atoms with E-state index >= 15 is 0 Å². The standard InChI is InChI=1S/C15H23BrO3/c1-3-15(19-13(17)9-16)11-4-10-5-12(15)8-14(6-10,7-11)18-2/h10-12H,3-9H2,1-2H3. The summed E-state index contributed by atoms with van der Waals surface area (Å²) in [5.74, 6) is 1.65. The monoisotopic (exact) mass is 330 g/mol. The lowest BCUT2D eigenvalue weighted by atomic mass is 9.47. The van der Waals surface area contributed by atoms with Crippen LogP contribution < -0.4 is 0 Å². The van der Waals surface area contributed by atoms with Crippen molar-refractivity contribution in [3.05, 3.63) is 0 Å². The van der Waals surface area contributed by atoms with Crippen molar-refractivity contribution in [3.8, 4) is 0 Å². The molecule has 2 atom stereocenters. The summed E-state index contributed by atoms with van der Waals surface area (Å²) >= 11 is 3.22. The van der Waals surface area contributed by atoms with Gasteiger partial charge in [-0.25, -0.2) is 0 Å². The molecular formula is C15H23BrO3. The van der Waals surface area contributed by atoms with Gasteiger partial charge in [0.25, 0.3) is 0 Å². The molecule has 0 heterocycles. The Hall–Kier alpha value is -0.0900. The van der Waals surface area contributed by atoms with Gasteiger partial charge >= 0.3 is 5.97 Å². The fourth-order valence-corrected chi connectivity index (χ4v) is 5.41. The number of hydrogen-bond acceptors (Lipinski definition) is 3. The van der Waals surface area contributed by atoms with Crippen LogP contribution in [0.2, 0.25) is 0 Å². The van der Waals surface area contributed by atoms with E-state index in [-0.39, 0.29) is 17.2 Å². The van der Waals surface area contributed by atoms with E-state index in [1.807, 2.05) is 7.11 Å². The van der Waals surface area contributed by atoms with Crippen LogP contribution in [-0.4, -0.2) is 29.6 Å². The Balaban J connectivity index is 1.89. The van der Waals surface area contributed by atoms with E-state index in [4.69, 9.17) is 9.47 Å². The summed E-state index contributed by atoms with van der Waals surface area (Å²) in [5.41, 5.74) is -0.139. The van der Waals surface area contributed by atoms with Crippen LogP contribution in [-0.2, 0) is 14.3 Å². The minimum Gasteiger partial charge on any atom is -0.458 e. The lowest BCUT2D eigenvalue weighted by Crippen LogP contribution is -2.65. The third-order valence-electron chi connectivity index (χ3n) is 5.91. The van der Waals surface area contributed by atoms with E-state index < -0.39 is 0 Å². The molecule has 4 rings (SSSR count). The van der Waals surface area contributed by atoms with Gasteiger partial charge in [0.1, 0.15) is 10.9 Å². The molecule has 3 nitrogen and oxygen atoms in total. The Morgan fingerprint density at radius 3 is 2.37 bits per heavy atom. The zero-order valence-corrected chi connectivity index (χ0v) is 13.4. The fraction of sp³-hybridized carbons (Fsp3) is 0.933. The topological polar surface area (TPSA) is 35.5 Å². The maximum absolute atomic E-state index is 11.8. The summed E-state index contributed by atoms with van der Waals surface area (Å²) in [6.07, 6.45) is 6.71. The molecule has 4 heteroatoms. The van der Waals surface area contributed by atoms with Gasteiger partial charge in [0.15, 0.2) is 0 Å². The highest BCUT2D eigenvalue weighted by Crippen LogP contribution is 2.63. The number of alkyl halides is 1. The first-order valence-electron chi connectivity index (χ1n) is 7.40. The van der Waals surface area contributed by atoms with Gasteiger partial charge in [0.2, 0.25) is 0 Å². The molecule has 4 aliphatic rings. The van der Waals surface area contributed by atoms with E-state index in [9.17, 15) is 4.79 Å². The molecule has 4 aliphatic carbocycles. The first kappa shape index (κ1) is 13.9.